The van der Waals surface area contributed by atoms with Crippen molar-refractivity contribution in [3.8, 4) is 0 Å². The van der Waals surface area contributed by atoms with Crippen LogP contribution in [0.2, 0.25) is 0 Å². The monoisotopic (exact) mass is 222 g/mol. The minimum Gasteiger partial charge on any atom is -0.407 e. The van der Waals surface area contributed by atoms with Crippen LogP contribution >= 0.6 is 0 Å². The Morgan fingerprint density at radius 3 is 2.75 bits per heavy atom. The number of carbonyl (C=O) groups is 1. The third kappa shape index (κ3) is 1.38. The topological polar surface area (TPSA) is 95.3 Å². The third-order valence-electron chi connectivity index (χ3n) is 2.09. The van der Waals surface area contributed by atoms with Crippen molar-refractivity contribution in [1.29, 1.82) is 0 Å². The highest BCUT2D eigenvalue weighted by Crippen LogP contribution is 2.19. The summed E-state index contributed by atoms with van der Waals surface area (Å²) in [6.45, 7) is 1.21. The molecule has 0 unspecified atom stereocenters. The molecule has 7 nitrogen and oxygen atoms in total. The standard InChI is InChI=1S/C9H6N2O5/c1-5(12)10-7-3-2-6(11(14)15)4-8(7)16-9(10)13/h2-4H,1H3. The Hall–Kier alpha value is -2.44. The average Bonchev–Trinajstić information content (AvgIpc) is 2.51. The van der Waals surface area contributed by atoms with E-state index < -0.39 is 16.6 Å². The first kappa shape index (κ1) is 10.1. The van der Waals surface area contributed by atoms with Crippen molar-refractivity contribution in [3.05, 3.63) is 38.9 Å². The number of aromatic nitrogens is 1. The van der Waals surface area contributed by atoms with Gasteiger partial charge in [-0.25, -0.2) is 9.36 Å². The van der Waals surface area contributed by atoms with Crippen LogP contribution in [0.25, 0.3) is 11.1 Å². The van der Waals surface area contributed by atoms with Gasteiger partial charge in [0, 0.05) is 13.0 Å². The first-order valence-electron chi connectivity index (χ1n) is 4.31. The van der Waals surface area contributed by atoms with Gasteiger partial charge in [0.05, 0.1) is 16.5 Å². The smallest absolute Gasteiger partial charge is 0.407 e. The Bertz CT molecular complexity index is 651. The molecule has 0 saturated carbocycles. The maximum Gasteiger partial charge on any atom is 0.426 e. The Kier molecular flexibility index (Phi) is 2.08. The number of hydrogen-bond donors (Lipinski definition) is 0. The lowest BCUT2D eigenvalue weighted by atomic mass is 10.3. The zero-order valence-electron chi connectivity index (χ0n) is 8.17. The van der Waals surface area contributed by atoms with Crippen molar-refractivity contribution in [3.63, 3.8) is 0 Å². The van der Waals surface area contributed by atoms with Gasteiger partial charge in [-0.2, -0.15) is 0 Å². The summed E-state index contributed by atoms with van der Waals surface area (Å²) < 4.78 is 5.55. The molecule has 16 heavy (non-hydrogen) atoms. The molecule has 0 radical (unpaired) electrons. The maximum atomic E-state index is 11.3. The Morgan fingerprint density at radius 2 is 2.19 bits per heavy atom. The molecule has 0 aliphatic heterocycles. The van der Waals surface area contributed by atoms with Crippen LogP contribution < -0.4 is 5.76 Å². The van der Waals surface area contributed by atoms with E-state index in [-0.39, 0.29) is 16.8 Å². The summed E-state index contributed by atoms with van der Waals surface area (Å²) in [6, 6.07) is 3.62. The molecule has 7 heteroatoms. The lowest BCUT2D eigenvalue weighted by Gasteiger charge is -1.94. The number of benzene rings is 1. The van der Waals surface area contributed by atoms with Crippen LogP contribution in [0, 0.1) is 10.1 Å². The van der Waals surface area contributed by atoms with Crippen LogP contribution in [0.4, 0.5) is 5.69 Å². The summed E-state index contributed by atoms with van der Waals surface area (Å²) in [4.78, 5) is 32.3. The fourth-order valence-corrected chi connectivity index (χ4v) is 1.42. The van der Waals surface area contributed by atoms with Crippen LogP contribution in [0.1, 0.15) is 11.7 Å². The number of nitro benzene ring substituents is 1. The Balaban J connectivity index is 2.80. The summed E-state index contributed by atoms with van der Waals surface area (Å²) in [6.07, 6.45) is 0. The molecule has 2 rings (SSSR count). The van der Waals surface area contributed by atoms with Gasteiger partial charge in [-0.3, -0.25) is 14.9 Å². The summed E-state index contributed by atoms with van der Waals surface area (Å²) in [7, 11) is 0. The van der Waals surface area contributed by atoms with Gasteiger partial charge in [0.1, 0.15) is 0 Å². The van der Waals surface area contributed by atoms with E-state index in [1.54, 1.807) is 0 Å². The van der Waals surface area contributed by atoms with Crippen molar-refractivity contribution in [1.82, 2.24) is 4.57 Å². The molecule has 0 saturated heterocycles. The number of nitro groups is 1. The van der Waals surface area contributed by atoms with E-state index in [2.05, 4.69) is 0 Å². The van der Waals surface area contributed by atoms with Gasteiger partial charge in [0.2, 0.25) is 5.91 Å². The molecule has 1 aromatic carbocycles. The zero-order chi connectivity index (χ0) is 11.9. The van der Waals surface area contributed by atoms with Crippen molar-refractivity contribution >= 4 is 22.7 Å². The highest BCUT2D eigenvalue weighted by Gasteiger charge is 2.15. The molecule has 0 bridgehead atoms. The first-order chi connectivity index (χ1) is 7.50. The van der Waals surface area contributed by atoms with E-state index in [1.807, 2.05) is 0 Å². The Labute approximate surface area is 88.0 Å². The number of hydrogen-bond acceptors (Lipinski definition) is 5. The molecule has 0 atom stereocenters. The van der Waals surface area contributed by atoms with Crippen LogP contribution in [0.5, 0.6) is 0 Å². The second-order valence-electron chi connectivity index (χ2n) is 3.13. The van der Waals surface area contributed by atoms with Crippen molar-refractivity contribution in [2.75, 3.05) is 0 Å². The van der Waals surface area contributed by atoms with E-state index in [0.29, 0.717) is 0 Å². The molecule has 0 N–H and O–H groups in total. The predicted octanol–water partition coefficient (Wildman–Crippen LogP) is 1.16. The fraction of sp³-hybridized carbons (Fsp3) is 0.111. The van der Waals surface area contributed by atoms with Crippen LogP contribution in [0.15, 0.2) is 27.4 Å². The van der Waals surface area contributed by atoms with Crippen LogP contribution in [-0.2, 0) is 0 Å². The molecule has 0 spiro atoms. The second kappa shape index (κ2) is 3.30. The molecule has 0 fully saturated rings. The van der Waals surface area contributed by atoms with Crippen LogP contribution in [0.3, 0.4) is 0 Å². The molecule has 0 aliphatic rings. The van der Waals surface area contributed by atoms with Crippen molar-refractivity contribution < 1.29 is 14.1 Å². The second-order valence-corrected chi connectivity index (χ2v) is 3.13. The number of nitrogens with zero attached hydrogens (tertiary/aromatic N) is 2. The minimum absolute atomic E-state index is 0.0226. The van der Waals surface area contributed by atoms with E-state index >= 15 is 0 Å². The van der Waals surface area contributed by atoms with E-state index in [4.69, 9.17) is 4.42 Å². The third-order valence-corrected chi connectivity index (χ3v) is 2.09. The Morgan fingerprint density at radius 1 is 1.50 bits per heavy atom. The maximum absolute atomic E-state index is 11.3. The quantitative estimate of drug-likeness (QED) is 0.532. The first-order valence-corrected chi connectivity index (χ1v) is 4.31. The summed E-state index contributed by atoms with van der Waals surface area (Å²) in [5.41, 5.74) is 0.0504. The molecule has 0 amide bonds. The largest absolute Gasteiger partial charge is 0.426 e. The number of non-ortho nitro benzene ring substituents is 1. The molecule has 82 valence electrons. The van der Waals surface area contributed by atoms with Crippen molar-refractivity contribution in [2.45, 2.75) is 6.92 Å². The van der Waals surface area contributed by atoms with Gasteiger partial charge in [-0.1, -0.05) is 0 Å². The van der Waals surface area contributed by atoms with Gasteiger partial charge in [-0.15, -0.1) is 0 Å². The van der Waals surface area contributed by atoms with E-state index in [0.717, 1.165) is 10.6 Å². The molecular weight excluding hydrogens is 216 g/mol. The highest BCUT2D eigenvalue weighted by atomic mass is 16.6. The predicted molar refractivity (Wildman–Crippen MR) is 53.4 cm³/mol. The SMILES string of the molecule is CC(=O)n1c(=O)oc2cc([N+](=O)[O-])ccc21. The summed E-state index contributed by atoms with van der Waals surface area (Å²) in [5, 5.41) is 10.5. The minimum atomic E-state index is -0.844. The van der Waals surface area contributed by atoms with E-state index in [9.17, 15) is 19.7 Å². The number of fused-ring (bicyclic) bond motifs is 1. The van der Waals surface area contributed by atoms with Gasteiger partial charge < -0.3 is 4.42 Å². The lowest BCUT2D eigenvalue weighted by molar-refractivity contribution is -0.384. The van der Waals surface area contributed by atoms with Gasteiger partial charge in [-0.05, 0) is 6.07 Å². The molecular formula is C9H6N2O5. The van der Waals surface area contributed by atoms with Crippen molar-refractivity contribution in [2.24, 2.45) is 0 Å². The number of rotatable bonds is 1. The molecule has 2 aromatic rings. The van der Waals surface area contributed by atoms with Crippen LogP contribution in [-0.4, -0.2) is 15.4 Å². The summed E-state index contributed by atoms with van der Waals surface area (Å²) >= 11 is 0. The normalized spacial score (nSPS) is 10.6. The number of oxazole rings is 1. The molecule has 1 aromatic heterocycles. The van der Waals surface area contributed by atoms with Gasteiger partial charge in [0.25, 0.3) is 5.69 Å². The van der Waals surface area contributed by atoms with Gasteiger partial charge >= 0.3 is 5.76 Å². The lowest BCUT2D eigenvalue weighted by Crippen LogP contribution is -2.19. The fourth-order valence-electron chi connectivity index (χ4n) is 1.42. The van der Waals surface area contributed by atoms with E-state index in [1.165, 1.54) is 19.1 Å². The average molecular weight is 222 g/mol. The molecule has 0 aliphatic carbocycles. The number of carbonyl (C=O) groups excluding carboxylic acids is 1. The molecule has 1 heterocycles. The summed E-state index contributed by atoms with van der Waals surface area (Å²) in [5.74, 6) is -1.35. The van der Waals surface area contributed by atoms with Gasteiger partial charge in [0.15, 0.2) is 5.58 Å². The highest BCUT2D eigenvalue weighted by molar-refractivity contribution is 5.88. The zero-order valence-corrected chi connectivity index (χ0v) is 8.17.